The largest absolute Gasteiger partial charge is 0.333 e. The Hall–Kier alpha value is -3.19. The van der Waals surface area contributed by atoms with Crippen molar-refractivity contribution >= 4 is 11.6 Å². The Morgan fingerprint density at radius 3 is 2.46 bits per heavy atom. The molecule has 1 aromatic heterocycles. The molecule has 4 heteroatoms. The number of hydrogen-bond donors (Lipinski definition) is 0. The number of nitriles is 1. The number of benzene rings is 2. The van der Waals surface area contributed by atoms with Crippen molar-refractivity contribution in [3.05, 3.63) is 71.1 Å². The Morgan fingerprint density at radius 2 is 1.83 bits per heavy atom. The third-order valence-electron chi connectivity index (χ3n) is 3.79. The Bertz CT molecular complexity index is 897. The summed E-state index contributed by atoms with van der Waals surface area (Å²) in [7, 11) is 0. The maximum Gasteiger partial charge on any atom is 0.268 e. The van der Waals surface area contributed by atoms with E-state index in [1.54, 1.807) is 6.08 Å². The highest BCUT2D eigenvalue weighted by Crippen LogP contribution is 2.21. The van der Waals surface area contributed by atoms with Crippen LogP contribution in [0.2, 0.25) is 0 Å². The van der Waals surface area contributed by atoms with Crippen LogP contribution in [0.15, 0.2) is 53.1 Å². The summed E-state index contributed by atoms with van der Waals surface area (Å²) in [5, 5.41) is 13.4. The van der Waals surface area contributed by atoms with Crippen molar-refractivity contribution < 1.29 is 4.52 Å². The minimum Gasteiger partial charge on any atom is -0.333 e. The predicted octanol–water partition coefficient (Wildman–Crippen LogP) is 4.67. The Kier molecular flexibility index (Phi) is 4.53. The van der Waals surface area contributed by atoms with Gasteiger partial charge >= 0.3 is 0 Å². The number of allylic oxidation sites excluding steroid dienone is 1. The van der Waals surface area contributed by atoms with Gasteiger partial charge in [0, 0.05) is 5.56 Å². The maximum absolute atomic E-state index is 9.41. The van der Waals surface area contributed by atoms with Crippen molar-refractivity contribution in [2.45, 2.75) is 20.3 Å². The molecule has 0 aliphatic rings. The summed E-state index contributed by atoms with van der Waals surface area (Å²) < 4.78 is 5.27. The molecule has 0 amide bonds. The molecule has 0 bridgehead atoms. The Balaban J connectivity index is 1.90. The minimum absolute atomic E-state index is 0.229. The molecule has 0 aliphatic carbocycles. The van der Waals surface area contributed by atoms with Crippen molar-refractivity contribution in [1.29, 1.82) is 5.26 Å². The van der Waals surface area contributed by atoms with Crippen LogP contribution in [0, 0.1) is 18.3 Å². The summed E-state index contributed by atoms with van der Waals surface area (Å²) in [6.07, 6.45) is 2.74. The van der Waals surface area contributed by atoms with Crippen molar-refractivity contribution in [1.82, 2.24) is 10.1 Å². The van der Waals surface area contributed by atoms with Crippen LogP contribution < -0.4 is 0 Å². The molecule has 0 radical (unpaired) electrons. The van der Waals surface area contributed by atoms with E-state index >= 15 is 0 Å². The second-order valence-electron chi connectivity index (χ2n) is 5.55. The lowest BCUT2D eigenvalue weighted by atomic mass is 10.1. The first-order valence-electron chi connectivity index (χ1n) is 7.81. The van der Waals surface area contributed by atoms with Gasteiger partial charge in [0.15, 0.2) is 0 Å². The molecule has 0 aliphatic heterocycles. The summed E-state index contributed by atoms with van der Waals surface area (Å²) in [6.45, 7) is 4.13. The van der Waals surface area contributed by atoms with E-state index in [1.807, 2.05) is 55.5 Å². The standard InChI is InChI=1S/C20H17N3O/c1-3-15-6-8-16(9-7-15)12-18(13-21)20-22-19(23-24-20)17-10-4-14(2)5-11-17/h4-12H,3H2,1-2H3/b18-12+. The van der Waals surface area contributed by atoms with E-state index in [0.717, 1.165) is 23.1 Å². The van der Waals surface area contributed by atoms with E-state index in [2.05, 4.69) is 23.1 Å². The zero-order valence-corrected chi connectivity index (χ0v) is 13.7. The van der Waals surface area contributed by atoms with Crippen LogP contribution in [0.25, 0.3) is 23.0 Å². The molecule has 3 rings (SSSR count). The molecule has 0 unspecified atom stereocenters. The van der Waals surface area contributed by atoms with Gasteiger partial charge in [-0.2, -0.15) is 10.2 Å². The van der Waals surface area contributed by atoms with Gasteiger partial charge in [0.25, 0.3) is 5.89 Å². The van der Waals surface area contributed by atoms with Gasteiger partial charge in [-0.05, 0) is 30.5 Å². The van der Waals surface area contributed by atoms with E-state index in [4.69, 9.17) is 4.52 Å². The monoisotopic (exact) mass is 315 g/mol. The van der Waals surface area contributed by atoms with Gasteiger partial charge in [0.1, 0.15) is 11.6 Å². The van der Waals surface area contributed by atoms with Crippen molar-refractivity contribution in [2.75, 3.05) is 0 Å². The summed E-state index contributed by atoms with van der Waals surface area (Å²) in [6, 6.07) is 18.0. The van der Waals surface area contributed by atoms with Gasteiger partial charge < -0.3 is 4.52 Å². The third kappa shape index (κ3) is 3.41. The fraction of sp³-hybridized carbons (Fsp3) is 0.150. The number of aryl methyl sites for hydroxylation is 2. The fourth-order valence-electron chi connectivity index (χ4n) is 2.31. The Labute approximate surface area is 141 Å². The van der Waals surface area contributed by atoms with Crippen molar-refractivity contribution in [3.63, 3.8) is 0 Å². The highest BCUT2D eigenvalue weighted by atomic mass is 16.5. The second kappa shape index (κ2) is 6.93. The summed E-state index contributed by atoms with van der Waals surface area (Å²) >= 11 is 0. The molecule has 0 fully saturated rings. The van der Waals surface area contributed by atoms with Crippen molar-refractivity contribution in [2.24, 2.45) is 0 Å². The smallest absolute Gasteiger partial charge is 0.268 e. The summed E-state index contributed by atoms with van der Waals surface area (Å²) in [4.78, 5) is 4.34. The normalized spacial score (nSPS) is 11.3. The van der Waals surface area contributed by atoms with E-state index in [9.17, 15) is 5.26 Å². The molecule has 0 saturated carbocycles. The molecular formula is C20H17N3O. The third-order valence-corrected chi connectivity index (χ3v) is 3.79. The quantitative estimate of drug-likeness (QED) is 0.656. The minimum atomic E-state index is 0.229. The van der Waals surface area contributed by atoms with Crippen LogP contribution in [-0.4, -0.2) is 10.1 Å². The van der Waals surface area contributed by atoms with Gasteiger partial charge in [0.2, 0.25) is 5.82 Å². The lowest BCUT2D eigenvalue weighted by Gasteiger charge is -1.98. The van der Waals surface area contributed by atoms with Crippen LogP contribution >= 0.6 is 0 Å². The lowest BCUT2D eigenvalue weighted by molar-refractivity contribution is 0.409. The van der Waals surface area contributed by atoms with Crippen LogP contribution in [0.1, 0.15) is 29.5 Å². The molecule has 0 atom stereocenters. The molecule has 0 N–H and O–H groups in total. The fourth-order valence-corrected chi connectivity index (χ4v) is 2.31. The zero-order chi connectivity index (χ0) is 16.9. The van der Waals surface area contributed by atoms with E-state index < -0.39 is 0 Å². The second-order valence-corrected chi connectivity index (χ2v) is 5.55. The molecular weight excluding hydrogens is 298 g/mol. The van der Waals surface area contributed by atoms with Crippen LogP contribution in [-0.2, 0) is 6.42 Å². The number of hydrogen-bond acceptors (Lipinski definition) is 4. The number of rotatable bonds is 4. The predicted molar refractivity (Wildman–Crippen MR) is 93.8 cm³/mol. The molecule has 24 heavy (non-hydrogen) atoms. The SMILES string of the molecule is CCc1ccc(/C=C(\C#N)c2nc(-c3ccc(C)cc3)no2)cc1. The highest BCUT2D eigenvalue weighted by molar-refractivity contribution is 5.86. The first-order valence-corrected chi connectivity index (χ1v) is 7.81. The van der Waals surface area contributed by atoms with Crippen LogP contribution in [0.3, 0.4) is 0 Å². The van der Waals surface area contributed by atoms with E-state index in [0.29, 0.717) is 11.4 Å². The molecule has 0 saturated heterocycles. The first-order chi connectivity index (χ1) is 11.7. The maximum atomic E-state index is 9.41. The van der Waals surface area contributed by atoms with E-state index in [1.165, 1.54) is 5.56 Å². The van der Waals surface area contributed by atoms with Gasteiger partial charge in [-0.25, -0.2) is 0 Å². The van der Waals surface area contributed by atoms with Crippen LogP contribution in [0.4, 0.5) is 0 Å². The van der Waals surface area contributed by atoms with Gasteiger partial charge in [0.05, 0.1) is 0 Å². The topological polar surface area (TPSA) is 62.7 Å². The zero-order valence-electron chi connectivity index (χ0n) is 13.7. The molecule has 4 nitrogen and oxygen atoms in total. The highest BCUT2D eigenvalue weighted by Gasteiger charge is 2.12. The average Bonchev–Trinajstić information content (AvgIpc) is 3.10. The number of nitrogens with zero attached hydrogens (tertiary/aromatic N) is 3. The van der Waals surface area contributed by atoms with Crippen LogP contribution in [0.5, 0.6) is 0 Å². The summed E-state index contributed by atoms with van der Waals surface area (Å²) in [5.74, 6) is 0.708. The average molecular weight is 315 g/mol. The van der Waals surface area contributed by atoms with E-state index in [-0.39, 0.29) is 5.89 Å². The van der Waals surface area contributed by atoms with Gasteiger partial charge in [-0.3, -0.25) is 0 Å². The molecule has 118 valence electrons. The lowest BCUT2D eigenvalue weighted by Crippen LogP contribution is -1.85. The first kappa shape index (κ1) is 15.7. The molecule has 2 aromatic carbocycles. The van der Waals surface area contributed by atoms with Gasteiger partial charge in [-0.1, -0.05) is 66.2 Å². The van der Waals surface area contributed by atoms with Crippen molar-refractivity contribution in [3.8, 4) is 17.5 Å². The molecule has 1 heterocycles. The summed E-state index contributed by atoms with van der Waals surface area (Å²) in [5.41, 5.74) is 4.56. The molecule has 3 aromatic rings. The Morgan fingerprint density at radius 1 is 1.12 bits per heavy atom. The number of aromatic nitrogens is 2. The molecule has 0 spiro atoms. The van der Waals surface area contributed by atoms with Gasteiger partial charge in [-0.15, -0.1) is 0 Å².